The summed E-state index contributed by atoms with van der Waals surface area (Å²) in [6.07, 6.45) is -0.502. The maximum Gasteiger partial charge on any atom is 0.258 e. The highest BCUT2D eigenvalue weighted by molar-refractivity contribution is 5.97. The van der Waals surface area contributed by atoms with Crippen molar-refractivity contribution < 1.29 is 14.3 Å². The molecule has 1 unspecified atom stereocenters. The number of nitrogens with one attached hydrogen (secondary N) is 1. The van der Waals surface area contributed by atoms with Gasteiger partial charge in [-0.1, -0.05) is 30.3 Å². The van der Waals surface area contributed by atoms with E-state index < -0.39 is 6.23 Å². The zero-order valence-corrected chi connectivity index (χ0v) is 12.8. The minimum absolute atomic E-state index is 0.133. The molecule has 0 saturated heterocycles. The first-order chi connectivity index (χ1) is 11.8. The van der Waals surface area contributed by atoms with Gasteiger partial charge in [-0.15, -0.1) is 0 Å². The quantitative estimate of drug-likeness (QED) is 0.783. The number of benzene rings is 3. The summed E-state index contributed by atoms with van der Waals surface area (Å²) in [5.74, 6) is 1.97. The SMILES string of the molecule is O=C1NC(c2ccc(Oc3ccccc3)cc2)Oc2ccccc21. The number of carbonyl (C=O) groups is 1. The Hall–Kier alpha value is -3.27. The van der Waals surface area contributed by atoms with Crippen molar-refractivity contribution in [1.82, 2.24) is 5.32 Å². The Kier molecular flexibility index (Phi) is 3.63. The maximum absolute atomic E-state index is 12.2. The molecule has 0 spiro atoms. The highest BCUT2D eigenvalue weighted by atomic mass is 16.5. The number of hydrogen-bond acceptors (Lipinski definition) is 3. The van der Waals surface area contributed by atoms with Crippen LogP contribution >= 0.6 is 0 Å². The van der Waals surface area contributed by atoms with E-state index in [2.05, 4.69) is 5.32 Å². The van der Waals surface area contributed by atoms with E-state index in [-0.39, 0.29) is 5.91 Å². The summed E-state index contributed by atoms with van der Waals surface area (Å²) >= 11 is 0. The van der Waals surface area contributed by atoms with E-state index in [1.54, 1.807) is 12.1 Å². The minimum atomic E-state index is -0.502. The van der Waals surface area contributed by atoms with Gasteiger partial charge in [-0.05, 0) is 48.5 Å². The first-order valence-electron chi connectivity index (χ1n) is 7.69. The van der Waals surface area contributed by atoms with Crippen LogP contribution in [0.4, 0.5) is 0 Å². The topological polar surface area (TPSA) is 47.6 Å². The van der Waals surface area contributed by atoms with Crippen molar-refractivity contribution >= 4 is 5.91 Å². The molecule has 24 heavy (non-hydrogen) atoms. The van der Waals surface area contributed by atoms with Crippen molar-refractivity contribution in [2.24, 2.45) is 0 Å². The van der Waals surface area contributed by atoms with E-state index in [1.807, 2.05) is 66.7 Å². The molecule has 1 atom stereocenters. The van der Waals surface area contributed by atoms with Crippen LogP contribution in [-0.4, -0.2) is 5.91 Å². The second kappa shape index (κ2) is 6.08. The third kappa shape index (κ3) is 2.82. The molecular formula is C20H15NO3. The number of rotatable bonds is 3. The molecule has 0 fully saturated rings. The van der Waals surface area contributed by atoms with Crippen LogP contribution in [0.2, 0.25) is 0 Å². The van der Waals surface area contributed by atoms with Crippen LogP contribution in [0.3, 0.4) is 0 Å². The predicted octanol–water partition coefficient (Wildman–Crippen LogP) is 4.30. The summed E-state index contributed by atoms with van der Waals surface area (Å²) in [7, 11) is 0. The fourth-order valence-corrected chi connectivity index (χ4v) is 2.60. The van der Waals surface area contributed by atoms with Crippen LogP contribution in [0.15, 0.2) is 78.9 Å². The largest absolute Gasteiger partial charge is 0.466 e. The van der Waals surface area contributed by atoms with Crippen LogP contribution in [0.1, 0.15) is 22.1 Å². The van der Waals surface area contributed by atoms with E-state index in [4.69, 9.17) is 9.47 Å². The average molecular weight is 317 g/mol. The summed E-state index contributed by atoms with van der Waals surface area (Å²) in [5.41, 5.74) is 1.41. The lowest BCUT2D eigenvalue weighted by molar-refractivity contribution is 0.0756. The minimum Gasteiger partial charge on any atom is -0.466 e. The zero-order valence-electron chi connectivity index (χ0n) is 12.8. The van der Waals surface area contributed by atoms with E-state index in [0.29, 0.717) is 11.3 Å². The van der Waals surface area contributed by atoms with Crippen molar-refractivity contribution in [3.05, 3.63) is 90.0 Å². The van der Waals surface area contributed by atoms with Gasteiger partial charge in [-0.2, -0.15) is 0 Å². The Morgan fingerprint density at radius 3 is 2.25 bits per heavy atom. The third-order valence-corrected chi connectivity index (χ3v) is 3.80. The second-order valence-electron chi connectivity index (χ2n) is 5.45. The van der Waals surface area contributed by atoms with Gasteiger partial charge in [0.25, 0.3) is 5.91 Å². The number of ether oxygens (including phenoxy) is 2. The third-order valence-electron chi connectivity index (χ3n) is 3.80. The first-order valence-corrected chi connectivity index (χ1v) is 7.69. The van der Waals surface area contributed by atoms with Gasteiger partial charge in [-0.25, -0.2) is 0 Å². The van der Waals surface area contributed by atoms with Gasteiger partial charge in [0.1, 0.15) is 17.2 Å². The summed E-state index contributed by atoms with van der Waals surface area (Å²) in [6, 6.07) is 24.3. The lowest BCUT2D eigenvalue weighted by Gasteiger charge is -2.27. The molecule has 0 aliphatic carbocycles. The van der Waals surface area contributed by atoms with Crippen molar-refractivity contribution in [3.63, 3.8) is 0 Å². The fraction of sp³-hybridized carbons (Fsp3) is 0.0500. The Morgan fingerprint density at radius 1 is 0.792 bits per heavy atom. The zero-order chi connectivity index (χ0) is 16.4. The first kappa shape index (κ1) is 14.3. The highest BCUT2D eigenvalue weighted by Crippen LogP contribution is 2.30. The average Bonchev–Trinajstić information content (AvgIpc) is 2.63. The van der Waals surface area contributed by atoms with Gasteiger partial charge in [0, 0.05) is 5.56 Å². The molecule has 0 bridgehead atoms. The summed E-state index contributed by atoms with van der Waals surface area (Å²) in [6.45, 7) is 0. The molecule has 0 radical (unpaired) electrons. The van der Waals surface area contributed by atoms with Gasteiger partial charge < -0.3 is 14.8 Å². The Balaban J connectivity index is 1.53. The number of amides is 1. The van der Waals surface area contributed by atoms with Gasteiger partial charge in [0.05, 0.1) is 5.56 Å². The van der Waals surface area contributed by atoms with Crippen LogP contribution in [0, 0.1) is 0 Å². The molecule has 1 amide bonds. The lowest BCUT2D eigenvalue weighted by Crippen LogP contribution is -2.36. The van der Waals surface area contributed by atoms with Crippen molar-refractivity contribution in [3.8, 4) is 17.2 Å². The standard InChI is InChI=1S/C20H15NO3/c22-19-17-8-4-5-9-18(17)24-20(21-19)14-10-12-16(13-11-14)23-15-6-2-1-3-7-15/h1-13,20H,(H,21,22). The fourth-order valence-electron chi connectivity index (χ4n) is 2.60. The lowest BCUT2D eigenvalue weighted by atomic mass is 10.1. The molecule has 1 N–H and O–H groups in total. The van der Waals surface area contributed by atoms with Crippen molar-refractivity contribution in [2.45, 2.75) is 6.23 Å². The van der Waals surface area contributed by atoms with Crippen molar-refractivity contribution in [2.75, 3.05) is 0 Å². The van der Waals surface area contributed by atoms with Gasteiger partial charge in [-0.3, -0.25) is 4.79 Å². The molecule has 3 aromatic rings. The molecule has 0 aromatic heterocycles. The van der Waals surface area contributed by atoms with Gasteiger partial charge in [0.15, 0.2) is 6.23 Å². The Labute approximate surface area is 139 Å². The van der Waals surface area contributed by atoms with Crippen molar-refractivity contribution in [1.29, 1.82) is 0 Å². The smallest absolute Gasteiger partial charge is 0.258 e. The molecular weight excluding hydrogens is 302 g/mol. The van der Waals surface area contributed by atoms with E-state index in [9.17, 15) is 4.79 Å². The molecule has 3 aromatic carbocycles. The van der Waals surface area contributed by atoms with Crippen LogP contribution in [-0.2, 0) is 0 Å². The second-order valence-corrected chi connectivity index (χ2v) is 5.45. The van der Waals surface area contributed by atoms with Gasteiger partial charge in [0.2, 0.25) is 0 Å². The molecule has 1 aliphatic rings. The summed E-state index contributed by atoms with van der Waals surface area (Å²) in [5, 5.41) is 2.86. The number of carbonyl (C=O) groups excluding carboxylic acids is 1. The normalized spacial score (nSPS) is 15.8. The molecule has 118 valence electrons. The number of para-hydroxylation sites is 2. The molecule has 0 saturated carbocycles. The summed E-state index contributed by atoms with van der Waals surface area (Å²) in [4.78, 5) is 12.2. The number of hydrogen-bond donors (Lipinski definition) is 1. The Morgan fingerprint density at radius 2 is 1.46 bits per heavy atom. The summed E-state index contributed by atoms with van der Waals surface area (Å²) < 4.78 is 11.6. The Bertz CT molecular complexity index is 860. The van der Waals surface area contributed by atoms with Crippen LogP contribution in [0.25, 0.3) is 0 Å². The van der Waals surface area contributed by atoms with E-state index in [1.165, 1.54) is 0 Å². The molecule has 4 nitrogen and oxygen atoms in total. The predicted molar refractivity (Wildman–Crippen MR) is 90.2 cm³/mol. The van der Waals surface area contributed by atoms with Crippen LogP contribution < -0.4 is 14.8 Å². The molecule has 1 heterocycles. The highest BCUT2D eigenvalue weighted by Gasteiger charge is 2.26. The monoisotopic (exact) mass is 317 g/mol. The molecule has 4 rings (SSSR count). The van der Waals surface area contributed by atoms with E-state index in [0.717, 1.165) is 17.1 Å². The maximum atomic E-state index is 12.2. The van der Waals surface area contributed by atoms with E-state index >= 15 is 0 Å². The molecule has 4 heteroatoms. The van der Waals surface area contributed by atoms with Gasteiger partial charge >= 0.3 is 0 Å². The number of fused-ring (bicyclic) bond motifs is 1. The molecule has 1 aliphatic heterocycles. The van der Waals surface area contributed by atoms with Crippen LogP contribution in [0.5, 0.6) is 17.2 Å².